The largest absolute Gasteiger partial charge is 0.416 e. The van der Waals surface area contributed by atoms with Gasteiger partial charge in [-0.1, -0.05) is 6.07 Å². The quantitative estimate of drug-likeness (QED) is 0.591. The smallest absolute Gasteiger partial charge is 0.378 e. The summed E-state index contributed by atoms with van der Waals surface area (Å²) in [6, 6.07) is 9.60. The Morgan fingerprint density at radius 1 is 1.07 bits per heavy atom. The molecule has 0 saturated heterocycles. The maximum Gasteiger partial charge on any atom is 0.416 e. The predicted octanol–water partition coefficient (Wildman–Crippen LogP) is 5.10. The third kappa shape index (κ3) is 4.64. The van der Waals surface area contributed by atoms with Gasteiger partial charge in [0.1, 0.15) is 5.82 Å². The number of carbonyl (C=O) groups is 1. The van der Waals surface area contributed by atoms with Crippen molar-refractivity contribution in [2.75, 3.05) is 10.6 Å². The first-order valence-corrected chi connectivity index (χ1v) is 7.98. The Morgan fingerprint density at radius 3 is 2.39 bits per heavy atom. The molecule has 0 aliphatic rings. The van der Waals surface area contributed by atoms with E-state index in [-0.39, 0.29) is 22.1 Å². The summed E-state index contributed by atoms with van der Waals surface area (Å²) in [6.07, 6.45) is -1.93. The molecule has 2 N–H and O–H groups in total. The molecule has 28 heavy (non-hydrogen) atoms. The van der Waals surface area contributed by atoms with Crippen LogP contribution in [-0.2, 0) is 12.7 Å². The summed E-state index contributed by atoms with van der Waals surface area (Å²) in [4.78, 5) is 16.5. The number of carbonyl (C=O) groups excluding carboxylic acids is 1. The molecule has 0 spiro atoms. The van der Waals surface area contributed by atoms with Crippen molar-refractivity contribution in [2.45, 2.75) is 12.7 Å². The molecule has 1 amide bonds. The van der Waals surface area contributed by atoms with E-state index in [0.717, 1.165) is 30.3 Å². The van der Waals surface area contributed by atoms with Gasteiger partial charge in [-0.3, -0.25) is 9.78 Å². The number of para-hydroxylation sites is 1. The molecule has 3 aromatic rings. The van der Waals surface area contributed by atoms with Crippen LogP contribution in [-0.4, -0.2) is 10.9 Å². The summed E-state index contributed by atoms with van der Waals surface area (Å²) in [5, 5.41) is 2.57. The van der Waals surface area contributed by atoms with Crippen LogP contribution in [0.4, 0.5) is 28.9 Å². The van der Waals surface area contributed by atoms with Crippen molar-refractivity contribution >= 4 is 17.3 Å². The molecule has 0 aliphatic heterocycles. The van der Waals surface area contributed by atoms with Gasteiger partial charge >= 0.3 is 6.18 Å². The van der Waals surface area contributed by atoms with Gasteiger partial charge in [-0.25, -0.2) is 4.39 Å². The Morgan fingerprint density at radius 2 is 1.75 bits per heavy atom. The van der Waals surface area contributed by atoms with Gasteiger partial charge < -0.3 is 10.6 Å². The summed E-state index contributed by atoms with van der Waals surface area (Å²) in [5.41, 5.74) is -1.88. The van der Waals surface area contributed by atoms with E-state index >= 15 is 0 Å². The van der Waals surface area contributed by atoms with Crippen LogP contribution in [0, 0.1) is 5.82 Å². The molecular formula is C20H15F4N3O. The Balaban J connectivity index is 1.93. The highest BCUT2D eigenvalue weighted by Gasteiger charge is 2.30. The minimum Gasteiger partial charge on any atom is -0.378 e. The second-order valence-electron chi connectivity index (χ2n) is 5.62. The Bertz CT molecular complexity index is 1080. The lowest BCUT2D eigenvalue weighted by Gasteiger charge is -2.14. The topological polar surface area (TPSA) is 54.0 Å². The molecule has 0 bridgehead atoms. The van der Waals surface area contributed by atoms with Crippen LogP contribution < -0.4 is 10.6 Å². The third-order valence-corrected chi connectivity index (χ3v) is 3.68. The highest BCUT2D eigenvalue weighted by molar-refractivity contribution is 6.08. The predicted molar refractivity (Wildman–Crippen MR) is 97.4 cm³/mol. The van der Waals surface area contributed by atoms with Crippen molar-refractivity contribution in [3.05, 3.63) is 89.5 Å². The first-order chi connectivity index (χ1) is 14.5. The summed E-state index contributed by atoms with van der Waals surface area (Å²) in [6.45, 7) is -2.52. The van der Waals surface area contributed by atoms with Gasteiger partial charge in [-0.05, 0) is 54.1 Å². The summed E-state index contributed by atoms with van der Waals surface area (Å²) in [5.74, 6) is -1.94. The van der Waals surface area contributed by atoms with E-state index in [0.29, 0.717) is 0 Å². The van der Waals surface area contributed by atoms with Crippen LogP contribution in [0.25, 0.3) is 0 Å². The molecule has 144 valence electrons. The molecule has 0 atom stereocenters. The molecule has 0 fully saturated rings. The number of nitrogens with zero attached hydrogens (tertiary/aromatic N) is 1. The highest BCUT2D eigenvalue weighted by Crippen LogP contribution is 2.30. The second-order valence-corrected chi connectivity index (χ2v) is 5.62. The van der Waals surface area contributed by atoms with E-state index in [1.807, 2.05) is 0 Å². The fourth-order valence-electron chi connectivity index (χ4n) is 2.30. The second kappa shape index (κ2) is 8.08. The molecule has 0 radical (unpaired) electrons. The lowest BCUT2D eigenvalue weighted by molar-refractivity contribution is -0.137. The first kappa shape index (κ1) is 15.6. The number of halogens is 4. The Kier molecular flexibility index (Phi) is 4.51. The van der Waals surface area contributed by atoms with Crippen molar-refractivity contribution in [3.63, 3.8) is 0 Å². The highest BCUT2D eigenvalue weighted by atomic mass is 19.4. The number of nitrogens with one attached hydrogen (secondary N) is 2. The van der Waals surface area contributed by atoms with Crippen LogP contribution in [0.1, 0.15) is 24.2 Å². The van der Waals surface area contributed by atoms with Crippen LogP contribution in [0.15, 0.2) is 67.0 Å². The number of benzene rings is 2. The monoisotopic (exact) mass is 395 g/mol. The average molecular weight is 395 g/mol. The summed E-state index contributed by atoms with van der Waals surface area (Å²) >= 11 is 0. The number of rotatable bonds is 5. The Hall–Kier alpha value is -3.42. The van der Waals surface area contributed by atoms with E-state index < -0.39 is 35.6 Å². The van der Waals surface area contributed by atoms with Crippen LogP contribution in [0.3, 0.4) is 0 Å². The van der Waals surface area contributed by atoms with E-state index in [2.05, 4.69) is 10.3 Å². The van der Waals surface area contributed by atoms with E-state index in [9.17, 15) is 22.4 Å². The fraction of sp³-hybridized carbons (Fsp3) is 0.100. The van der Waals surface area contributed by atoms with Gasteiger partial charge in [0.25, 0.3) is 5.91 Å². The minimum atomic E-state index is -4.54. The number of anilines is 2. The molecule has 0 saturated carbocycles. The molecule has 1 heterocycles. The van der Waals surface area contributed by atoms with Gasteiger partial charge in [0.15, 0.2) is 1.41 Å². The molecule has 0 unspecified atom stereocenters. The van der Waals surface area contributed by atoms with E-state index in [1.165, 1.54) is 36.7 Å². The van der Waals surface area contributed by atoms with Crippen LogP contribution >= 0.6 is 0 Å². The van der Waals surface area contributed by atoms with Gasteiger partial charge in [0, 0.05) is 24.6 Å². The lowest BCUT2D eigenvalue weighted by Crippen LogP contribution is -2.16. The van der Waals surface area contributed by atoms with Crippen LogP contribution in [0.2, 0.25) is 1.41 Å². The van der Waals surface area contributed by atoms with Crippen molar-refractivity contribution in [1.82, 2.24) is 4.98 Å². The zero-order valence-electron chi connectivity index (χ0n) is 17.2. The van der Waals surface area contributed by atoms with Crippen molar-refractivity contribution in [2.24, 2.45) is 0 Å². The number of aromatic nitrogens is 1. The summed E-state index contributed by atoms with van der Waals surface area (Å²) < 4.78 is 77.3. The number of amides is 1. The Labute approximate surface area is 162 Å². The van der Waals surface area contributed by atoms with Gasteiger partial charge in [0.05, 0.1) is 19.6 Å². The SMILES string of the molecule is [3H]N(c1c(F)cccc1C(=O)Nc1ccc(C(F)(F)F)cc1)C([3H])([3H])c1ccncc1. The number of hydrogen-bond donors (Lipinski definition) is 2. The molecular weight excluding hydrogens is 374 g/mol. The molecule has 0 aliphatic carbocycles. The first-order valence-electron chi connectivity index (χ1n) is 9.43. The van der Waals surface area contributed by atoms with Crippen LogP contribution in [0.5, 0.6) is 0 Å². The zero-order chi connectivity index (χ0) is 22.8. The molecule has 3 rings (SSSR count). The maximum absolute atomic E-state index is 14.6. The number of hydrogen-bond acceptors (Lipinski definition) is 3. The number of alkyl halides is 3. The molecule has 2 aromatic carbocycles. The van der Waals surface area contributed by atoms with Crippen molar-refractivity contribution < 1.29 is 26.5 Å². The van der Waals surface area contributed by atoms with Gasteiger partial charge in [-0.2, -0.15) is 13.2 Å². The maximum atomic E-state index is 14.6. The minimum absolute atomic E-state index is 0.00912. The molecule has 1 aromatic heterocycles. The van der Waals surface area contributed by atoms with E-state index in [1.54, 1.807) is 0 Å². The van der Waals surface area contributed by atoms with Crippen molar-refractivity contribution in [3.8, 4) is 0 Å². The zero-order valence-corrected chi connectivity index (χ0v) is 14.2. The van der Waals surface area contributed by atoms with Gasteiger partial charge in [0.2, 0.25) is 0 Å². The average Bonchev–Trinajstić information content (AvgIpc) is 2.73. The van der Waals surface area contributed by atoms with Crippen molar-refractivity contribution in [1.29, 1.82) is 0 Å². The summed E-state index contributed by atoms with van der Waals surface area (Å²) in [7, 11) is 0. The normalized spacial score (nSPS) is 13.2. The fourth-order valence-corrected chi connectivity index (χ4v) is 2.30. The third-order valence-electron chi connectivity index (χ3n) is 3.68. The van der Waals surface area contributed by atoms with Gasteiger partial charge in [-0.15, -0.1) is 0 Å². The molecule has 4 nitrogen and oxygen atoms in total. The molecule has 8 heteroatoms. The number of pyridine rings is 1. The standard InChI is InChI=1S/C20H15F4N3O/c21-17-3-1-2-16(18(17)26-12-13-8-10-25-11-9-13)19(28)27-15-6-4-14(5-7-15)20(22,23)24/h1-11,26H,12H2,(H,27,28)/i12T2/hT. The lowest BCUT2D eigenvalue weighted by atomic mass is 10.1. The van der Waals surface area contributed by atoms with E-state index in [4.69, 9.17) is 4.15 Å².